The fourth-order valence-corrected chi connectivity index (χ4v) is 3.21. The summed E-state index contributed by atoms with van der Waals surface area (Å²) in [6.45, 7) is -0.236. The van der Waals surface area contributed by atoms with Gasteiger partial charge in [-0.25, -0.2) is 22.5 Å². The second kappa shape index (κ2) is 7.14. The topological polar surface area (TPSA) is 58.2 Å². The summed E-state index contributed by atoms with van der Waals surface area (Å²) in [6, 6.07) is 7.02. The van der Waals surface area contributed by atoms with Crippen LogP contribution in [-0.4, -0.2) is 35.5 Å². The summed E-state index contributed by atoms with van der Waals surface area (Å²) in [5.74, 6) is -3.44. The Morgan fingerprint density at radius 2 is 1.96 bits per heavy atom. The molecule has 2 heterocycles. The molecule has 0 spiro atoms. The van der Waals surface area contributed by atoms with E-state index in [2.05, 4.69) is 9.97 Å². The minimum Gasteiger partial charge on any atom is -0.493 e. The van der Waals surface area contributed by atoms with Gasteiger partial charge in [0.2, 0.25) is 12.3 Å². The van der Waals surface area contributed by atoms with Crippen molar-refractivity contribution in [2.75, 3.05) is 18.1 Å². The minimum absolute atomic E-state index is 0.123. The van der Waals surface area contributed by atoms with E-state index < -0.39 is 36.3 Å². The van der Waals surface area contributed by atoms with Crippen LogP contribution in [-0.2, 0) is 4.79 Å². The highest BCUT2D eigenvalue weighted by atomic mass is 19.3. The van der Waals surface area contributed by atoms with Gasteiger partial charge in [-0.2, -0.15) is 0 Å². The number of rotatable bonds is 6. The molecule has 2 aromatic carbocycles. The number of H-pyrrole nitrogens is 1. The molecular weight excluding hydrogens is 378 g/mol. The van der Waals surface area contributed by atoms with E-state index in [0.29, 0.717) is 5.69 Å². The molecule has 1 saturated heterocycles. The number of hydrogen-bond donors (Lipinski definition) is 1. The summed E-state index contributed by atoms with van der Waals surface area (Å²) >= 11 is 0. The maximum atomic E-state index is 14.4. The van der Waals surface area contributed by atoms with Crippen LogP contribution in [0.15, 0.2) is 36.7 Å². The number of alkyl halides is 2. The number of nitrogens with one attached hydrogen (secondary N) is 1. The van der Waals surface area contributed by atoms with Gasteiger partial charge >= 0.3 is 0 Å². The van der Waals surface area contributed by atoms with Crippen molar-refractivity contribution in [3.8, 4) is 5.75 Å². The molecule has 0 bridgehead atoms. The standard InChI is InChI=1S/C19H15F4N3O2/c20-13-6-11(28-4-3-17(22)23)7-14(21)18(13)12-8-26(19(12)27)10-1-2-15-16(5-10)25-9-24-15/h1-2,5-7,9,12,17H,3-4,8H2,(H,24,25). The van der Waals surface area contributed by atoms with E-state index in [0.717, 1.165) is 23.2 Å². The van der Waals surface area contributed by atoms with Crippen LogP contribution < -0.4 is 9.64 Å². The number of β-lactam (4-membered cyclic amide) rings is 1. The smallest absolute Gasteiger partial charge is 0.241 e. The van der Waals surface area contributed by atoms with E-state index in [-0.39, 0.29) is 24.5 Å². The van der Waals surface area contributed by atoms with Crippen molar-refractivity contribution in [2.24, 2.45) is 0 Å². The van der Waals surface area contributed by atoms with E-state index in [1.54, 1.807) is 18.2 Å². The van der Waals surface area contributed by atoms with Crippen molar-refractivity contribution in [1.29, 1.82) is 0 Å². The molecule has 1 aliphatic rings. The number of nitrogens with zero attached hydrogens (tertiary/aromatic N) is 2. The first-order chi connectivity index (χ1) is 13.4. The fourth-order valence-electron chi connectivity index (χ4n) is 3.21. The quantitative estimate of drug-likeness (QED) is 0.509. The number of halogens is 4. The predicted molar refractivity (Wildman–Crippen MR) is 93.7 cm³/mol. The maximum absolute atomic E-state index is 14.4. The number of amides is 1. The first-order valence-corrected chi connectivity index (χ1v) is 8.58. The number of ether oxygens (including phenoxy) is 1. The van der Waals surface area contributed by atoms with Gasteiger partial charge in [-0.15, -0.1) is 0 Å². The molecule has 1 aliphatic heterocycles. The summed E-state index contributed by atoms with van der Waals surface area (Å²) in [6.07, 6.45) is -1.57. The number of benzene rings is 2. The van der Waals surface area contributed by atoms with Crippen LogP contribution in [0.4, 0.5) is 23.2 Å². The number of fused-ring (bicyclic) bond motifs is 1. The van der Waals surface area contributed by atoms with Gasteiger partial charge in [0, 0.05) is 36.3 Å². The van der Waals surface area contributed by atoms with Crippen molar-refractivity contribution in [1.82, 2.24) is 9.97 Å². The summed E-state index contributed by atoms with van der Waals surface area (Å²) < 4.78 is 58.0. The van der Waals surface area contributed by atoms with Gasteiger partial charge in [-0.05, 0) is 18.2 Å². The van der Waals surface area contributed by atoms with Gasteiger partial charge in [0.05, 0.1) is 29.9 Å². The number of imidazole rings is 1. The fraction of sp³-hybridized carbons (Fsp3) is 0.263. The Morgan fingerprint density at radius 3 is 2.64 bits per heavy atom. The van der Waals surface area contributed by atoms with Crippen LogP contribution in [0.1, 0.15) is 17.9 Å². The average Bonchev–Trinajstić information content (AvgIpc) is 3.10. The lowest BCUT2D eigenvalue weighted by Gasteiger charge is -2.39. The zero-order valence-corrected chi connectivity index (χ0v) is 14.5. The molecule has 1 unspecified atom stereocenters. The zero-order valence-electron chi connectivity index (χ0n) is 14.5. The molecule has 9 heteroatoms. The van der Waals surface area contributed by atoms with Crippen molar-refractivity contribution < 1.29 is 27.1 Å². The highest BCUT2D eigenvalue weighted by molar-refractivity contribution is 6.05. The molecule has 3 aromatic rings. The van der Waals surface area contributed by atoms with Gasteiger partial charge in [-0.3, -0.25) is 4.79 Å². The predicted octanol–water partition coefficient (Wildman–Crippen LogP) is 4.01. The van der Waals surface area contributed by atoms with Gasteiger partial charge in [-0.1, -0.05) is 0 Å². The summed E-state index contributed by atoms with van der Waals surface area (Å²) in [5, 5.41) is 0. The van der Waals surface area contributed by atoms with Crippen molar-refractivity contribution >= 4 is 22.6 Å². The molecule has 0 aliphatic carbocycles. The van der Waals surface area contributed by atoms with Gasteiger partial charge in [0.25, 0.3) is 0 Å². The Labute approximate surface area is 156 Å². The highest BCUT2D eigenvalue weighted by Crippen LogP contribution is 2.37. The lowest BCUT2D eigenvalue weighted by atomic mass is 9.88. The SMILES string of the molecule is O=C1C(c2c(F)cc(OCCC(F)F)cc2F)CN1c1ccc2nc[nH]c2c1. The Kier molecular flexibility index (Phi) is 4.66. The Hall–Kier alpha value is -3.10. The number of aromatic amines is 1. The molecular formula is C19H15F4N3O2. The van der Waals surface area contributed by atoms with E-state index >= 15 is 0 Å². The lowest BCUT2D eigenvalue weighted by molar-refractivity contribution is -0.124. The van der Waals surface area contributed by atoms with Gasteiger partial charge < -0.3 is 14.6 Å². The van der Waals surface area contributed by atoms with Crippen molar-refractivity contribution in [3.63, 3.8) is 0 Å². The Morgan fingerprint density at radius 1 is 1.21 bits per heavy atom. The third-order valence-electron chi connectivity index (χ3n) is 4.65. The van der Waals surface area contributed by atoms with Crippen LogP contribution >= 0.6 is 0 Å². The molecule has 28 heavy (non-hydrogen) atoms. The summed E-state index contributed by atoms with van der Waals surface area (Å²) in [4.78, 5) is 21.0. The third kappa shape index (κ3) is 3.28. The van der Waals surface area contributed by atoms with E-state index in [1.807, 2.05) is 0 Å². The zero-order chi connectivity index (χ0) is 19.8. The van der Waals surface area contributed by atoms with E-state index in [1.165, 1.54) is 11.2 Å². The Balaban J connectivity index is 1.50. The van der Waals surface area contributed by atoms with Gasteiger partial charge in [0.15, 0.2) is 0 Å². The number of hydrogen-bond acceptors (Lipinski definition) is 3. The molecule has 146 valence electrons. The lowest BCUT2D eigenvalue weighted by Crippen LogP contribution is -2.51. The molecule has 0 radical (unpaired) electrons. The minimum atomic E-state index is -2.56. The van der Waals surface area contributed by atoms with Crippen molar-refractivity contribution in [2.45, 2.75) is 18.8 Å². The number of carbonyl (C=O) groups is 1. The first kappa shape index (κ1) is 18.3. The largest absolute Gasteiger partial charge is 0.493 e. The van der Waals surface area contributed by atoms with E-state index in [9.17, 15) is 22.4 Å². The molecule has 1 amide bonds. The Bertz CT molecular complexity index is 1010. The van der Waals surface area contributed by atoms with Crippen LogP contribution in [0.2, 0.25) is 0 Å². The first-order valence-electron chi connectivity index (χ1n) is 8.58. The van der Waals surface area contributed by atoms with Crippen LogP contribution in [0, 0.1) is 11.6 Å². The van der Waals surface area contributed by atoms with Crippen LogP contribution in [0.3, 0.4) is 0 Å². The second-order valence-corrected chi connectivity index (χ2v) is 6.43. The molecule has 4 rings (SSSR count). The normalized spacial score (nSPS) is 16.7. The molecule has 5 nitrogen and oxygen atoms in total. The number of anilines is 1. The van der Waals surface area contributed by atoms with Crippen LogP contribution in [0.5, 0.6) is 5.75 Å². The molecule has 1 N–H and O–H groups in total. The number of carbonyl (C=O) groups excluding carboxylic acids is 1. The molecule has 1 atom stereocenters. The maximum Gasteiger partial charge on any atom is 0.241 e. The average molecular weight is 393 g/mol. The van der Waals surface area contributed by atoms with E-state index in [4.69, 9.17) is 4.74 Å². The molecule has 1 aromatic heterocycles. The monoisotopic (exact) mass is 393 g/mol. The second-order valence-electron chi connectivity index (χ2n) is 6.43. The van der Waals surface area contributed by atoms with Gasteiger partial charge in [0.1, 0.15) is 17.4 Å². The van der Waals surface area contributed by atoms with Crippen LogP contribution in [0.25, 0.3) is 11.0 Å². The summed E-state index contributed by atoms with van der Waals surface area (Å²) in [7, 11) is 0. The van der Waals surface area contributed by atoms with Crippen molar-refractivity contribution in [3.05, 3.63) is 53.9 Å². The molecule has 1 fully saturated rings. The highest BCUT2D eigenvalue weighted by Gasteiger charge is 2.42. The molecule has 0 saturated carbocycles. The number of aromatic nitrogens is 2. The summed E-state index contributed by atoms with van der Waals surface area (Å²) in [5.41, 5.74) is 1.75. The third-order valence-corrected chi connectivity index (χ3v) is 4.65.